The van der Waals surface area contributed by atoms with E-state index in [9.17, 15) is 26.3 Å². The van der Waals surface area contributed by atoms with Crippen molar-refractivity contribution in [3.05, 3.63) is 153 Å². The van der Waals surface area contributed by atoms with E-state index in [1.54, 1.807) is 0 Å². The Hall–Kier alpha value is -2.74. The zero-order chi connectivity index (χ0) is 43.4. The Kier molecular flexibility index (Phi) is 10.9. The van der Waals surface area contributed by atoms with Crippen LogP contribution in [-0.2, 0) is 49.7 Å². The van der Waals surface area contributed by atoms with E-state index in [0.29, 0.717) is 0 Å². The molecule has 0 spiro atoms. The van der Waals surface area contributed by atoms with Crippen LogP contribution in [0, 0.1) is 0 Å². The predicted molar refractivity (Wildman–Crippen MR) is 228 cm³/mol. The maximum absolute atomic E-state index is 14.6. The van der Waals surface area contributed by atoms with Gasteiger partial charge in [0.25, 0.3) is 0 Å². The van der Waals surface area contributed by atoms with Gasteiger partial charge in [0, 0.05) is 0 Å². The van der Waals surface area contributed by atoms with Crippen molar-refractivity contribution in [1.82, 2.24) is 0 Å². The molecular weight excluding hydrogens is 952 g/mol. The second kappa shape index (κ2) is 14.2. The van der Waals surface area contributed by atoms with E-state index < -0.39 is 46.5 Å². The zero-order valence-corrected chi connectivity index (χ0v) is 40.5. The molecule has 6 rings (SSSR count). The topological polar surface area (TPSA) is 0 Å². The molecule has 0 fully saturated rings. The maximum atomic E-state index is 14.6. The second-order valence-electron chi connectivity index (χ2n) is 20.4. The molecule has 0 bridgehead atoms. The summed E-state index contributed by atoms with van der Waals surface area (Å²) in [5, 5.41) is 0. The summed E-state index contributed by atoms with van der Waals surface area (Å²) in [4.78, 5) is 0. The molecule has 0 radical (unpaired) electrons. The van der Waals surface area contributed by atoms with E-state index in [1.165, 1.54) is 24.3 Å². The second-order valence-corrected chi connectivity index (χ2v) is 49.8. The van der Waals surface area contributed by atoms with Gasteiger partial charge in [0.1, 0.15) is 0 Å². The average molecular weight is 1010 g/mol. The molecule has 310 valence electrons. The van der Waals surface area contributed by atoms with E-state index in [4.69, 9.17) is 17.2 Å². The van der Waals surface area contributed by atoms with Crippen molar-refractivity contribution < 1.29 is 42.0 Å². The first kappa shape index (κ1) is 44.8. The summed E-state index contributed by atoms with van der Waals surface area (Å²) in [6.45, 7) is 26.0. The number of halogens is 8. The molecular formula is C49H54Cl2F6Hf. The van der Waals surface area contributed by atoms with Gasteiger partial charge in [-0.25, -0.2) is 0 Å². The molecule has 0 aliphatic heterocycles. The van der Waals surface area contributed by atoms with Gasteiger partial charge in [-0.2, -0.15) is 0 Å². The normalized spacial score (nSPS) is 15.9. The summed E-state index contributed by atoms with van der Waals surface area (Å²) in [7, 11) is 17.4. The molecule has 2 aliphatic rings. The minimum absolute atomic E-state index is 0.0582. The molecule has 0 N–H and O–H groups in total. The first-order valence-corrected chi connectivity index (χ1v) is 34.6. The summed E-state index contributed by atoms with van der Waals surface area (Å²) < 4.78 is 86.3. The number of fused-ring (bicyclic) bond motifs is 3. The zero-order valence-electron chi connectivity index (χ0n) is 35.4. The Morgan fingerprint density at radius 2 is 0.810 bits per heavy atom. The molecule has 0 heterocycles. The quantitative estimate of drug-likeness (QED) is 0.141. The van der Waals surface area contributed by atoms with Crippen molar-refractivity contribution in [3.8, 4) is 11.1 Å². The first-order valence-electron chi connectivity index (χ1n) is 19.8. The predicted octanol–water partition coefficient (Wildman–Crippen LogP) is 16.2. The van der Waals surface area contributed by atoms with Crippen molar-refractivity contribution in [3.63, 3.8) is 0 Å². The Balaban J connectivity index is 1.96. The van der Waals surface area contributed by atoms with Crippen LogP contribution in [0.1, 0.15) is 142 Å². The number of hydrogen-bond donors (Lipinski definition) is 0. The summed E-state index contributed by atoms with van der Waals surface area (Å²) in [6, 6.07) is 18.4. The number of rotatable bonds is 4. The van der Waals surface area contributed by atoms with Gasteiger partial charge in [0.2, 0.25) is 0 Å². The van der Waals surface area contributed by atoms with Gasteiger partial charge in [-0.15, -0.1) is 0 Å². The number of allylic oxidation sites excluding steroid dienone is 4. The van der Waals surface area contributed by atoms with E-state index in [0.717, 1.165) is 68.8 Å². The number of alkyl halides is 6. The van der Waals surface area contributed by atoms with Gasteiger partial charge in [0.05, 0.1) is 0 Å². The number of benzene rings is 4. The Morgan fingerprint density at radius 3 is 1.12 bits per heavy atom. The van der Waals surface area contributed by atoms with Crippen LogP contribution < -0.4 is 0 Å². The SMILES string of the molecule is CC(C)(C)c1cc2c(cc1C(C)(C)C)[CH]([Hf]([Cl])([Cl])(=[C](c1cccc(C(F)(F)F)c1)c1cccc(C(F)(F)F)c1)[CH]1C=CC=C1)c1cc(C(C)(C)C)c(C(C)(C)C)cc1-2. The van der Waals surface area contributed by atoms with Crippen molar-refractivity contribution in [1.29, 1.82) is 0 Å². The molecule has 0 nitrogen and oxygen atoms in total. The van der Waals surface area contributed by atoms with E-state index in [1.807, 2.05) is 24.3 Å². The molecule has 0 unspecified atom stereocenters. The molecule has 0 amide bonds. The van der Waals surface area contributed by atoms with Gasteiger partial charge in [-0.05, 0) is 0 Å². The van der Waals surface area contributed by atoms with Crippen molar-refractivity contribution >= 4 is 20.4 Å². The average Bonchev–Trinajstić information content (AvgIpc) is 3.73. The fraction of sp³-hybridized carbons (Fsp3) is 0.408. The summed E-state index contributed by atoms with van der Waals surface area (Å²) in [5.74, 6) is 0. The van der Waals surface area contributed by atoms with Crippen LogP contribution in [0.25, 0.3) is 11.1 Å². The third-order valence-corrected chi connectivity index (χ3v) is 40.0. The summed E-state index contributed by atoms with van der Waals surface area (Å²) >= 11 is -6.64. The summed E-state index contributed by atoms with van der Waals surface area (Å²) in [5.41, 5.74) is 4.99. The van der Waals surface area contributed by atoms with Crippen LogP contribution >= 0.6 is 17.2 Å². The fourth-order valence-electron chi connectivity index (χ4n) is 9.11. The van der Waals surface area contributed by atoms with Crippen molar-refractivity contribution in [2.75, 3.05) is 0 Å². The molecule has 0 saturated carbocycles. The molecule has 0 saturated heterocycles. The van der Waals surface area contributed by atoms with E-state index in [2.05, 4.69) is 107 Å². The van der Waals surface area contributed by atoms with Crippen LogP contribution in [0.2, 0.25) is 3.67 Å². The van der Waals surface area contributed by atoms with Crippen LogP contribution in [-0.4, -0.2) is 3.26 Å². The third kappa shape index (κ3) is 7.83. The minimum atomic E-state index is -6.64. The first-order chi connectivity index (χ1) is 26.2. The molecule has 0 atom stereocenters. The molecule has 0 aromatic heterocycles. The summed E-state index contributed by atoms with van der Waals surface area (Å²) in [6.07, 6.45) is -2.06. The van der Waals surface area contributed by atoms with Gasteiger partial charge in [-0.1, -0.05) is 0 Å². The Labute approximate surface area is 348 Å². The Morgan fingerprint density at radius 1 is 0.483 bits per heavy atom. The van der Waals surface area contributed by atoms with Crippen LogP contribution in [0.4, 0.5) is 26.3 Å². The van der Waals surface area contributed by atoms with Gasteiger partial charge < -0.3 is 0 Å². The molecule has 4 aromatic rings. The molecule has 9 heteroatoms. The van der Waals surface area contributed by atoms with Crippen LogP contribution in [0.5, 0.6) is 0 Å². The van der Waals surface area contributed by atoms with Crippen molar-refractivity contribution in [2.24, 2.45) is 0 Å². The number of hydrogen-bond acceptors (Lipinski definition) is 0. The van der Waals surface area contributed by atoms with Gasteiger partial charge in [-0.3, -0.25) is 0 Å². The van der Waals surface area contributed by atoms with E-state index >= 15 is 0 Å². The third-order valence-electron chi connectivity index (χ3n) is 11.8. The standard InChI is InChI=1S/C29H41.C15H8F6.C5H5.2ClH.Hf/c1-26(2,3)22-14-18-13-19-15-23(27(4,5)6)25(29(10,11)12)17-21(19)20(18)16-24(22)28(7,8)9;16-14(17,18)12-5-1-3-10(8-12)7-11-4-2-6-13(9-11)15(19,20)21;1-2-4-5-3-1;;;/h13-17H,1-12H3;1-6,8-9H;1-5H;2*1H;/q;;;;;+2/p-2. The molecule has 58 heavy (non-hydrogen) atoms. The fourth-order valence-corrected chi connectivity index (χ4v) is 36.8. The van der Waals surface area contributed by atoms with Crippen molar-refractivity contribution in [2.45, 2.75) is 124 Å². The van der Waals surface area contributed by atoms with Gasteiger partial charge in [0.15, 0.2) is 0 Å². The van der Waals surface area contributed by atoms with Crippen LogP contribution in [0.15, 0.2) is 97.1 Å². The van der Waals surface area contributed by atoms with Crippen LogP contribution in [0.3, 0.4) is 0 Å². The molecule has 4 aromatic carbocycles. The Bertz CT molecular complexity index is 2270. The molecule has 2 aliphatic carbocycles. The van der Waals surface area contributed by atoms with E-state index in [-0.39, 0.29) is 36.0 Å². The monoisotopic (exact) mass is 1010 g/mol. The van der Waals surface area contributed by atoms with Gasteiger partial charge >= 0.3 is 351 Å².